The molecule has 0 atom stereocenters. The molecular weight excluding hydrogens is 354 g/mol. The molecule has 1 N–H and O–H groups in total. The summed E-state index contributed by atoms with van der Waals surface area (Å²) in [6, 6.07) is 8.82. The van der Waals surface area contributed by atoms with Gasteiger partial charge >= 0.3 is 0 Å². The number of nitrogens with one attached hydrogen (secondary N) is 1. The highest BCUT2D eigenvalue weighted by molar-refractivity contribution is 6.08. The molecule has 0 saturated carbocycles. The monoisotopic (exact) mass is 379 g/mol. The first-order valence-electron chi connectivity index (χ1n) is 9.68. The van der Waals surface area contributed by atoms with Crippen molar-refractivity contribution in [2.75, 3.05) is 36.5 Å². The van der Waals surface area contributed by atoms with Crippen LogP contribution in [0.3, 0.4) is 0 Å². The first-order chi connectivity index (χ1) is 13.5. The van der Waals surface area contributed by atoms with E-state index in [9.17, 15) is 9.59 Å². The molecule has 1 spiro atoms. The minimum Gasteiger partial charge on any atom is -0.381 e. The predicted molar refractivity (Wildman–Crippen MR) is 108 cm³/mol. The Morgan fingerprint density at radius 1 is 1.14 bits per heavy atom. The van der Waals surface area contributed by atoms with E-state index in [-0.39, 0.29) is 11.7 Å². The van der Waals surface area contributed by atoms with Crippen molar-refractivity contribution in [3.05, 3.63) is 53.2 Å². The molecule has 4 rings (SSSR count). The van der Waals surface area contributed by atoms with Crippen LogP contribution in [-0.2, 0) is 4.74 Å². The number of aryl methyl sites for hydroxylation is 1. The second-order valence-corrected chi connectivity index (χ2v) is 7.94. The maximum absolute atomic E-state index is 13.0. The lowest BCUT2D eigenvalue weighted by Crippen LogP contribution is -2.59. The molecule has 0 radical (unpaired) electrons. The van der Waals surface area contributed by atoms with Gasteiger partial charge in [-0.15, -0.1) is 0 Å². The molecule has 2 aliphatic heterocycles. The van der Waals surface area contributed by atoms with Crippen LogP contribution in [0, 0.1) is 12.3 Å². The lowest BCUT2D eigenvalue weighted by molar-refractivity contribution is -0.000509. The van der Waals surface area contributed by atoms with Gasteiger partial charge < -0.3 is 15.0 Å². The molecule has 2 aliphatic rings. The largest absolute Gasteiger partial charge is 0.381 e. The normalized spacial score (nSPS) is 17.9. The first-order valence-corrected chi connectivity index (χ1v) is 9.68. The standard InChI is InChI=1S/C22H25N3O3/c1-15-11-19(21(27)24-18-5-3-17(4-6-18)16(2)26)20(23-12-15)25-13-22(14-25)7-9-28-10-8-22/h3-6,11-12H,7-10,13-14H2,1-2H3,(H,24,27). The second kappa shape index (κ2) is 7.36. The summed E-state index contributed by atoms with van der Waals surface area (Å²) in [6.07, 6.45) is 3.95. The molecule has 1 amide bonds. The van der Waals surface area contributed by atoms with Gasteiger partial charge in [0.15, 0.2) is 5.78 Å². The van der Waals surface area contributed by atoms with E-state index in [1.807, 2.05) is 19.2 Å². The molecule has 0 unspecified atom stereocenters. The molecule has 1 aromatic heterocycles. The average Bonchev–Trinajstić information content (AvgIpc) is 2.67. The zero-order chi connectivity index (χ0) is 19.7. The summed E-state index contributed by atoms with van der Waals surface area (Å²) in [5, 5.41) is 2.93. The number of anilines is 2. The minimum absolute atomic E-state index is 0.00266. The number of hydrogen-bond donors (Lipinski definition) is 1. The van der Waals surface area contributed by atoms with E-state index in [1.165, 1.54) is 6.92 Å². The highest BCUT2D eigenvalue weighted by atomic mass is 16.5. The highest BCUT2D eigenvalue weighted by Crippen LogP contribution is 2.42. The van der Waals surface area contributed by atoms with Crippen molar-refractivity contribution in [2.24, 2.45) is 5.41 Å². The molecule has 28 heavy (non-hydrogen) atoms. The van der Waals surface area contributed by atoms with E-state index in [4.69, 9.17) is 4.74 Å². The van der Waals surface area contributed by atoms with Crippen LogP contribution in [-0.4, -0.2) is 43.0 Å². The molecule has 2 aromatic rings. The van der Waals surface area contributed by atoms with Crippen LogP contribution < -0.4 is 10.2 Å². The lowest BCUT2D eigenvalue weighted by atomic mass is 9.73. The Labute approximate surface area is 164 Å². The van der Waals surface area contributed by atoms with Crippen LogP contribution in [0.2, 0.25) is 0 Å². The number of Topliss-reactive ketones (excluding diaryl/α,β-unsaturated/α-hetero) is 1. The Bertz CT molecular complexity index is 894. The molecule has 2 saturated heterocycles. The Morgan fingerprint density at radius 2 is 1.82 bits per heavy atom. The number of ether oxygens (including phenoxy) is 1. The Balaban J connectivity index is 1.51. The number of amides is 1. The van der Waals surface area contributed by atoms with Gasteiger partial charge in [0, 0.05) is 49.2 Å². The maximum atomic E-state index is 13.0. The number of benzene rings is 1. The third-order valence-electron chi connectivity index (χ3n) is 5.70. The first kappa shape index (κ1) is 18.6. The van der Waals surface area contributed by atoms with Crippen LogP contribution in [0.4, 0.5) is 11.5 Å². The predicted octanol–water partition coefficient (Wildman–Crippen LogP) is 3.46. The molecule has 6 nitrogen and oxygen atoms in total. The zero-order valence-corrected chi connectivity index (χ0v) is 16.3. The maximum Gasteiger partial charge on any atom is 0.259 e. The second-order valence-electron chi connectivity index (χ2n) is 7.94. The van der Waals surface area contributed by atoms with E-state index in [2.05, 4.69) is 15.2 Å². The topological polar surface area (TPSA) is 71.5 Å². The van der Waals surface area contributed by atoms with Crippen molar-refractivity contribution in [2.45, 2.75) is 26.7 Å². The SMILES string of the molecule is CC(=O)c1ccc(NC(=O)c2cc(C)cnc2N2CC3(CCOCC3)C2)cc1. The summed E-state index contributed by atoms with van der Waals surface area (Å²) >= 11 is 0. The van der Waals surface area contributed by atoms with Crippen LogP contribution in [0.15, 0.2) is 36.5 Å². The fraction of sp³-hybridized carbons (Fsp3) is 0.409. The lowest BCUT2D eigenvalue weighted by Gasteiger charge is -2.53. The van der Waals surface area contributed by atoms with E-state index in [0.29, 0.717) is 22.2 Å². The van der Waals surface area contributed by atoms with Crippen molar-refractivity contribution < 1.29 is 14.3 Å². The van der Waals surface area contributed by atoms with Crippen molar-refractivity contribution in [1.29, 1.82) is 0 Å². The van der Waals surface area contributed by atoms with Gasteiger partial charge in [-0.25, -0.2) is 4.98 Å². The van der Waals surface area contributed by atoms with Crippen LogP contribution in [0.5, 0.6) is 0 Å². The van der Waals surface area contributed by atoms with Gasteiger partial charge in [-0.2, -0.15) is 0 Å². The number of nitrogens with zero attached hydrogens (tertiary/aromatic N) is 2. The summed E-state index contributed by atoms with van der Waals surface area (Å²) < 4.78 is 5.49. The van der Waals surface area contributed by atoms with E-state index in [0.717, 1.165) is 50.5 Å². The molecule has 0 aliphatic carbocycles. The Morgan fingerprint density at radius 3 is 2.46 bits per heavy atom. The summed E-state index contributed by atoms with van der Waals surface area (Å²) in [5.41, 5.74) is 3.12. The van der Waals surface area contributed by atoms with Crippen molar-refractivity contribution >= 4 is 23.2 Å². The quantitative estimate of drug-likeness (QED) is 0.824. The Hall–Kier alpha value is -2.73. The number of ketones is 1. The van der Waals surface area contributed by atoms with Crippen molar-refractivity contribution in [3.8, 4) is 0 Å². The number of carbonyl (C=O) groups is 2. The number of hydrogen-bond acceptors (Lipinski definition) is 5. The molecular formula is C22H25N3O3. The van der Waals surface area contributed by atoms with Crippen molar-refractivity contribution in [1.82, 2.24) is 4.98 Å². The van der Waals surface area contributed by atoms with Crippen molar-refractivity contribution in [3.63, 3.8) is 0 Å². The number of pyridine rings is 1. The summed E-state index contributed by atoms with van der Waals surface area (Å²) in [5.74, 6) is 0.554. The third kappa shape index (κ3) is 3.64. The summed E-state index contributed by atoms with van der Waals surface area (Å²) in [4.78, 5) is 31.1. The van der Waals surface area contributed by atoms with Gasteiger partial charge in [0.25, 0.3) is 5.91 Å². The third-order valence-corrected chi connectivity index (χ3v) is 5.70. The van der Waals surface area contributed by atoms with Crippen LogP contribution >= 0.6 is 0 Å². The van der Waals surface area contributed by atoms with E-state index in [1.54, 1.807) is 24.3 Å². The summed E-state index contributed by atoms with van der Waals surface area (Å²) in [7, 11) is 0. The molecule has 2 fully saturated rings. The zero-order valence-electron chi connectivity index (χ0n) is 16.3. The van der Waals surface area contributed by atoms with E-state index >= 15 is 0 Å². The number of rotatable bonds is 4. The van der Waals surface area contributed by atoms with Gasteiger partial charge in [-0.3, -0.25) is 9.59 Å². The number of carbonyl (C=O) groups excluding carboxylic acids is 2. The fourth-order valence-corrected chi connectivity index (χ4v) is 4.00. The molecule has 3 heterocycles. The Kier molecular flexibility index (Phi) is 4.89. The molecule has 6 heteroatoms. The fourth-order valence-electron chi connectivity index (χ4n) is 4.00. The average molecular weight is 379 g/mol. The van der Waals surface area contributed by atoms with Gasteiger partial charge in [0.1, 0.15) is 5.82 Å². The van der Waals surface area contributed by atoms with Gasteiger partial charge in [0.05, 0.1) is 5.56 Å². The molecule has 1 aromatic carbocycles. The van der Waals surface area contributed by atoms with Crippen LogP contribution in [0.1, 0.15) is 46.0 Å². The van der Waals surface area contributed by atoms with Gasteiger partial charge in [-0.1, -0.05) is 0 Å². The highest BCUT2D eigenvalue weighted by Gasteiger charge is 2.45. The van der Waals surface area contributed by atoms with E-state index < -0.39 is 0 Å². The molecule has 0 bridgehead atoms. The summed E-state index contributed by atoms with van der Waals surface area (Å²) in [6.45, 7) is 6.93. The smallest absolute Gasteiger partial charge is 0.259 e. The molecule has 146 valence electrons. The number of aromatic nitrogens is 1. The van der Waals surface area contributed by atoms with Crippen LogP contribution in [0.25, 0.3) is 0 Å². The van der Waals surface area contributed by atoms with Gasteiger partial charge in [0.2, 0.25) is 0 Å². The minimum atomic E-state index is -0.185. The van der Waals surface area contributed by atoms with Gasteiger partial charge in [-0.05, 0) is 62.6 Å².